The van der Waals surface area contributed by atoms with Gasteiger partial charge < -0.3 is 15.0 Å². The number of methoxy groups -OCH3 is 1. The molecular formula is C18H23N3O2S. The Morgan fingerprint density at radius 3 is 3.04 bits per heavy atom. The van der Waals surface area contributed by atoms with Gasteiger partial charge in [-0.25, -0.2) is 4.98 Å². The Kier molecular flexibility index (Phi) is 5.04. The molecule has 5 nitrogen and oxygen atoms in total. The molecule has 0 unspecified atom stereocenters. The number of anilines is 1. The van der Waals surface area contributed by atoms with E-state index in [-0.39, 0.29) is 18.5 Å². The zero-order valence-electron chi connectivity index (χ0n) is 14.3. The first-order valence-electron chi connectivity index (χ1n) is 8.19. The summed E-state index contributed by atoms with van der Waals surface area (Å²) in [6, 6.07) is 7.77. The van der Waals surface area contributed by atoms with Gasteiger partial charge in [0.25, 0.3) is 0 Å². The van der Waals surface area contributed by atoms with E-state index in [0.717, 1.165) is 35.7 Å². The summed E-state index contributed by atoms with van der Waals surface area (Å²) in [5.41, 5.74) is 2.01. The molecule has 0 saturated carbocycles. The highest BCUT2D eigenvalue weighted by Crippen LogP contribution is 2.37. The van der Waals surface area contributed by atoms with Crippen LogP contribution in [0.4, 0.5) is 5.69 Å². The van der Waals surface area contributed by atoms with Gasteiger partial charge in [-0.1, -0.05) is 12.1 Å². The molecule has 1 aromatic carbocycles. The minimum atomic E-state index is 0.0739. The van der Waals surface area contributed by atoms with Crippen LogP contribution in [0.2, 0.25) is 0 Å². The molecule has 6 heteroatoms. The van der Waals surface area contributed by atoms with Crippen molar-refractivity contribution >= 4 is 22.9 Å². The van der Waals surface area contributed by atoms with Crippen LogP contribution in [-0.4, -0.2) is 36.5 Å². The quantitative estimate of drug-likeness (QED) is 0.902. The minimum absolute atomic E-state index is 0.0739. The Hall–Kier alpha value is -2.08. The molecule has 0 aliphatic heterocycles. The third-order valence-electron chi connectivity index (χ3n) is 4.43. The van der Waals surface area contributed by atoms with Crippen molar-refractivity contribution in [3.8, 4) is 5.75 Å². The van der Waals surface area contributed by atoms with E-state index >= 15 is 0 Å². The van der Waals surface area contributed by atoms with E-state index in [1.54, 1.807) is 18.4 Å². The minimum Gasteiger partial charge on any atom is -0.495 e. The Morgan fingerprint density at radius 1 is 1.46 bits per heavy atom. The number of thiazole rings is 1. The zero-order valence-corrected chi connectivity index (χ0v) is 15.2. The lowest BCUT2D eigenvalue weighted by atomic mass is 9.97. The molecule has 1 atom stereocenters. The number of aromatic nitrogens is 1. The van der Waals surface area contributed by atoms with Crippen molar-refractivity contribution in [3.63, 3.8) is 0 Å². The molecule has 24 heavy (non-hydrogen) atoms. The zero-order chi connectivity index (χ0) is 17.1. The van der Waals surface area contributed by atoms with E-state index in [1.165, 1.54) is 10.6 Å². The van der Waals surface area contributed by atoms with E-state index in [2.05, 4.69) is 10.3 Å². The average Bonchev–Trinajstić information content (AvgIpc) is 2.99. The van der Waals surface area contributed by atoms with Crippen molar-refractivity contribution in [1.29, 1.82) is 0 Å². The number of hydrogen-bond acceptors (Lipinski definition) is 5. The van der Waals surface area contributed by atoms with Crippen molar-refractivity contribution in [3.05, 3.63) is 39.8 Å². The number of carbonyl (C=O) groups is 1. The molecule has 2 aromatic rings. The highest BCUT2D eigenvalue weighted by Gasteiger charge is 2.29. The molecule has 3 rings (SSSR count). The molecule has 1 aromatic heterocycles. The number of fused-ring (bicyclic) bond motifs is 1. The van der Waals surface area contributed by atoms with Crippen molar-refractivity contribution in [1.82, 2.24) is 9.88 Å². The van der Waals surface area contributed by atoms with Crippen molar-refractivity contribution in [2.45, 2.75) is 32.2 Å². The summed E-state index contributed by atoms with van der Waals surface area (Å²) < 4.78 is 5.31. The van der Waals surface area contributed by atoms with Gasteiger partial charge in [-0.3, -0.25) is 4.79 Å². The van der Waals surface area contributed by atoms with Gasteiger partial charge in [0.1, 0.15) is 5.75 Å². The van der Waals surface area contributed by atoms with E-state index in [4.69, 9.17) is 4.74 Å². The number of para-hydroxylation sites is 2. The fourth-order valence-electron chi connectivity index (χ4n) is 3.15. The first kappa shape index (κ1) is 16.8. The summed E-state index contributed by atoms with van der Waals surface area (Å²) in [5.74, 6) is 0.816. The molecule has 0 spiro atoms. The standard InChI is InChI=1S/C18H23N3O2S/c1-12-20-14-8-6-9-15(18(14)24-12)21(2)17(22)11-19-13-7-4-5-10-16(13)23-3/h4-5,7,10,15,19H,6,8-9,11H2,1-3H3/t15-/m1/s1. The average molecular weight is 345 g/mol. The van der Waals surface area contributed by atoms with Crippen LogP contribution >= 0.6 is 11.3 Å². The van der Waals surface area contributed by atoms with Gasteiger partial charge in [-0.05, 0) is 38.3 Å². The molecule has 0 fully saturated rings. The normalized spacial score (nSPS) is 16.4. The van der Waals surface area contributed by atoms with E-state index in [1.807, 2.05) is 43.1 Å². The maximum absolute atomic E-state index is 12.6. The Labute approximate surface area is 146 Å². The Bertz CT molecular complexity index is 729. The van der Waals surface area contributed by atoms with Gasteiger partial charge >= 0.3 is 0 Å². The molecular weight excluding hydrogens is 322 g/mol. The number of hydrogen-bond donors (Lipinski definition) is 1. The number of nitrogens with zero attached hydrogens (tertiary/aromatic N) is 2. The Morgan fingerprint density at radius 2 is 2.25 bits per heavy atom. The summed E-state index contributed by atoms with van der Waals surface area (Å²) in [6.07, 6.45) is 3.11. The largest absolute Gasteiger partial charge is 0.495 e. The second-order valence-corrected chi connectivity index (χ2v) is 7.25. The van der Waals surface area contributed by atoms with Crippen molar-refractivity contribution in [2.75, 3.05) is 26.0 Å². The monoisotopic (exact) mass is 345 g/mol. The van der Waals surface area contributed by atoms with Crippen LogP contribution in [0.25, 0.3) is 0 Å². The summed E-state index contributed by atoms with van der Waals surface area (Å²) >= 11 is 1.72. The molecule has 0 saturated heterocycles. The fraction of sp³-hybridized carbons (Fsp3) is 0.444. The van der Waals surface area contributed by atoms with Gasteiger partial charge in [0, 0.05) is 7.05 Å². The maximum Gasteiger partial charge on any atom is 0.242 e. The molecule has 1 aliphatic rings. The maximum atomic E-state index is 12.6. The van der Waals surface area contributed by atoms with E-state index in [0.29, 0.717) is 0 Å². The number of nitrogens with one attached hydrogen (secondary N) is 1. The summed E-state index contributed by atoms with van der Waals surface area (Å²) in [5, 5.41) is 4.27. The predicted molar refractivity (Wildman–Crippen MR) is 96.8 cm³/mol. The molecule has 1 N–H and O–H groups in total. The summed E-state index contributed by atoms with van der Waals surface area (Å²) in [7, 11) is 3.52. The van der Waals surface area contributed by atoms with Crippen LogP contribution in [0.5, 0.6) is 5.75 Å². The van der Waals surface area contributed by atoms with Crippen LogP contribution in [0.3, 0.4) is 0 Å². The lowest BCUT2D eigenvalue weighted by Crippen LogP contribution is -2.36. The second kappa shape index (κ2) is 7.21. The fourth-order valence-corrected chi connectivity index (χ4v) is 4.30. The van der Waals surface area contributed by atoms with Gasteiger partial charge in [0.15, 0.2) is 0 Å². The number of aryl methyl sites for hydroxylation is 2. The highest BCUT2D eigenvalue weighted by atomic mass is 32.1. The molecule has 0 bridgehead atoms. The van der Waals surface area contributed by atoms with Gasteiger partial charge in [0.05, 0.1) is 41.0 Å². The molecule has 1 heterocycles. The van der Waals surface area contributed by atoms with Crippen LogP contribution < -0.4 is 10.1 Å². The third-order valence-corrected chi connectivity index (χ3v) is 5.54. The molecule has 1 aliphatic carbocycles. The number of likely N-dealkylation sites (N-methyl/N-ethyl adjacent to an activating group) is 1. The smallest absolute Gasteiger partial charge is 0.242 e. The van der Waals surface area contributed by atoms with E-state index in [9.17, 15) is 4.79 Å². The van der Waals surface area contributed by atoms with Gasteiger partial charge in [0.2, 0.25) is 5.91 Å². The number of carbonyl (C=O) groups excluding carboxylic acids is 1. The lowest BCUT2D eigenvalue weighted by Gasteiger charge is -2.31. The van der Waals surface area contributed by atoms with Gasteiger partial charge in [-0.2, -0.15) is 0 Å². The summed E-state index contributed by atoms with van der Waals surface area (Å²) in [4.78, 5) is 20.4. The SMILES string of the molecule is COc1ccccc1NCC(=O)N(C)[C@@H]1CCCc2nc(C)sc21. The van der Waals surface area contributed by atoms with Crippen molar-refractivity contribution in [2.24, 2.45) is 0 Å². The number of benzene rings is 1. The van der Waals surface area contributed by atoms with Crippen LogP contribution in [0, 0.1) is 6.92 Å². The first-order chi connectivity index (χ1) is 11.6. The second-order valence-electron chi connectivity index (χ2n) is 6.01. The van der Waals surface area contributed by atoms with E-state index < -0.39 is 0 Å². The number of ether oxygens (including phenoxy) is 1. The number of rotatable bonds is 5. The van der Waals surface area contributed by atoms with Crippen LogP contribution in [0.1, 0.15) is 34.5 Å². The van der Waals surface area contributed by atoms with Crippen LogP contribution in [0.15, 0.2) is 24.3 Å². The lowest BCUT2D eigenvalue weighted by molar-refractivity contribution is -0.130. The topological polar surface area (TPSA) is 54.5 Å². The predicted octanol–water partition coefficient (Wildman–Crippen LogP) is 3.41. The van der Waals surface area contributed by atoms with Gasteiger partial charge in [-0.15, -0.1) is 11.3 Å². The highest BCUT2D eigenvalue weighted by molar-refractivity contribution is 7.11. The molecule has 128 valence electrons. The summed E-state index contributed by atoms with van der Waals surface area (Å²) in [6.45, 7) is 2.28. The molecule has 0 radical (unpaired) electrons. The van der Waals surface area contributed by atoms with Crippen LogP contribution in [-0.2, 0) is 11.2 Å². The first-order valence-corrected chi connectivity index (χ1v) is 9.00. The third kappa shape index (κ3) is 3.38. The molecule has 1 amide bonds. The Balaban J connectivity index is 1.67. The van der Waals surface area contributed by atoms with Crippen molar-refractivity contribution < 1.29 is 9.53 Å². The number of amides is 1.